The van der Waals surface area contributed by atoms with Gasteiger partial charge in [-0.2, -0.15) is 0 Å². The summed E-state index contributed by atoms with van der Waals surface area (Å²) in [4.78, 5) is 27.1. The first-order chi connectivity index (χ1) is 11.1. The Hall–Kier alpha value is -2.89. The third-order valence-corrected chi connectivity index (χ3v) is 3.50. The van der Waals surface area contributed by atoms with Gasteiger partial charge in [0.25, 0.3) is 0 Å². The molecule has 1 aliphatic rings. The minimum atomic E-state index is -0.222. The second kappa shape index (κ2) is 6.48. The molecule has 118 valence electrons. The van der Waals surface area contributed by atoms with Gasteiger partial charge in [0.1, 0.15) is 5.82 Å². The van der Waals surface area contributed by atoms with Gasteiger partial charge in [-0.3, -0.25) is 10.1 Å². The molecule has 23 heavy (non-hydrogen) atoms. The summed E-state index contributed by atoms with van der Waals surface area (Å²) in [5.41, 5.74) is 2.34. The molecule has 2 amide bonds. The van der Waals surface area contributed by atoms with Crippen LogP contribution >= 0.6 is 0 Å². The molecule has 1 heterocycles. The zero-order valence-electron chi connectivity index (χ0n) is 12.8. The van der Waals surface area contributed by atoms with Crippen molar-refractivity contribution in [2.24, 2.45) is 0 Å². The zero-order valence-corrected chi connectivity index (χ0v) is 12.8. The Kier molecular flexibility index (Phi) is 4.23. The number of hydrogen-bond acceptors (Lipinski definition) is 4. The van der Waals surface area contributed by atoms with Crippen molar-refractivity contribution in [3.05, 3.63) is 48.2 Å². The van der Waals surface area contributed by atoms with Gasteiger partial charge < -0.3 is 10.6 Å². The van der Waals surface area contributed by atoms with Gasteiger partial charge in [0.05, 0.1) is 11.9 Å². The zero-order chi connectivity index (χ0) is 16.2. The lowest BCUT2D eigenvalue weighted by atomic mass is 10.1. The number of ketones is 1. The van der Waals surface area contributed by atoms with E-state index in [0.29, 0.717) is 17.4 Å². The first-order valence-corrected chi connectivity index (χ1v) is 7.52. The number of rotatable bonds is 5. The monoisotopic (exact) mass is 310 g/mol. The van der Waals surface area contributed by atoms with E-state index in [1.165, 1.54) is 6.92 Å². The molecule has 0 spiro atoms. The summed E-state index contributed by atoms with van der Waals surface area (Å²) in [5.74, 6) is 0.541. The average molecular weight is 310 g/mol. The van der Waals surface area contributed by atoms with Gasteiger partial charge >= 0.3 is 6.03 Å². The van der Waals surface area contributed by atoms with Crippen molar-refractivity contribution in [2.75, 3.05) is 10.6 Å². The number of anilines is 3. The van der Waals surface area contributed by atoms with Crippen molar-refractivity contribution in [3.8, 4) is 0 Å². The Morgan fingerprint density at radius 1 is 1.04 bits per heavy atom. The fraction of sp³-hybridized carbons (Fsp3) is 0.235. The van der Waals surface area contributed by atoms with E-state index in [2.05, 4.69) is 20.9 Å². The van der Waals surface area contributed by atoms with Crippen LogP contribution in [0.5, 0.6) is 0 Å². The van der Waals surface area contributed by atoms with E-state index in [-0.39, 0.29) is 11.8 Å². The summed E-state index contributed by atoms with van der Waals surface area (Å²) in [5, 5.41) is 8.73. The number of carbonyl (C=O) groups is 2. The number of amides is 2. The molecule has 0 aliphatic heterocycles. The Morgan fingerprint density at radius 3 is 2.30 bits per heavy atom. The molecule has 0 atom stereocenters. The maximum Gasteiger partial charge on any atom is 0.320 e. The predicted octanol–water partition coefficient (Wildman–Crippen LogP) is 3.31. The van der Waals surface area contributed by atoms with Crippen molar-refractivity contribution in [2.45, 2.75) is 25.8 Å². The normalized spacial score (nSPS) is 13.3. The maximum absolute atomic E-state index is 11.6. The van der Waals surface area contributed by atoms with Gasteiger partial charge in [-0.15, -0.1) is 0 Å². The number of pyridine rings is 1. The molecule has 1 saturated carbocycles. The summed E-state index contributed by atoms with van der Waals surface area (Å²) in [7, 11) is 0. The molecular formula is C17H18N4O2. The van der Waals surface area contributed by atoms with E-state index >= 15 is 0 Å². The van der Waals surface area contributed by atoms with Crippen LogP contribution in [-0.4, -0.2) is 22.8 Å². The van der Waals surface area contributed by atoms with E-state index in [1.54, 1.807) is 24.4 Å². The fourth-order valence-electron chi connectivity index (χ4n) is 2.06. The highest BCUT2D eigenvalue weighted by Gasteiger charge is 2.23. The molecule has 3 N–H and O–H groups in total. The average Bonchev–Trinajstić information content (AvgIpc) is 3.33. The minimum Gasteiger partial charge on any atom is -0.354 e. The third kappa shape index (κ3) is 4.29. The molecule has 6 heteroatoms. The molecule has 2 aromatic rings. The summed E-state index contributed by atoms with van der Waals surface area (Å²) in [6.45, 7) is 1.54. The van der Waals surface area contributed by atoms with Crippen molar-refractivity contribution in [1.82, 2.24) is 10.3 Å². The van der Waals surface area contributed by atoms with Gasteiger partial charge in [0.15, 0.2) is 5.78 Å². The number of Topliss-reactive ketones (excluding diaryl/α,β-unsaturated/α-hetero) is 1. The van der Waals surface area contributed by atoms with Gasteiger partial charge in [-0.1, -0.05) is 0 Å². The summed E-state index contributed by atoms with van der Waals surface area (Å²) >= 11 is 0. The first kappa shape index (κ1) is 15.0. The second-order valence-corrected chi connectivity index (χ2v) is 5.56. The van der Waals surface area contributed by atoms with Gasteiger partial charge in [0, 0.05) is 17.3 Å². The Bertz CT molecular complexity index is 706. The topological polar surface area (TPSA) is 83.1 Å². The Balaban J connectivity index is 1.58. The molecular weight excluding hydrogens is 292 g/mol. The van der Waals surface area contributed by atoms with Gasteiger partial charge in [-0.25, -0.2) is 9.78 Å². The van der Waals surface area contributed by atoms with Crippen LogP contribution in [0.4, 0.5) is 22.0 Å². The van der Waals surface area contributed by atoms with E-state index in [0.717, 1.165) is 24.2 Å². The quantitative estimate of drug-likeness (QED) is 0.740. The molecule has 6 nitrogen and oxygen atoms in total. The highest BCUT2D eigenvalue weighted by Crippen LogP contribution is 2.20. The van der Waals surface area contributed by atoms with Gasteiger partial charge in [-0.05, 0) is 56.2 Å². The third-order valence-electron chi connectivity index (χ3n) is 3.50. The molecule has 0 bridgehead atoms. The van der Waals surface area contributed by atoms with Crippen LogP contribution in [0.2, 0.25) is 0 Å². The standard InChI is InChI=1S/C17H18N4O2/c1-11(22)12-2-4-13(5-3-12)19-15-8-9-16(18-10-15)21-17(23)20-14-6-7-14/h2-5,8-10,14,19H,6-7H2,1H3,(H2,18,20,21,23). The number of nitrogens with one attached hydrogen (secondary N) is 3. The van der Waals surface area contributed by atoms with Crippen molar-refractivity contribution in [1.29, 1.82) is 0 Å². The molecule has 1 fully saturated rings. The predicted molar refractivity (Wildman–Crippen MR) is 89.1 cm³/mol. The highest BCUT2D eigenvalue weighted by molar-refractivity contribution is 5.94. The summed E-state index contributed by atoms with van der Waals surface area (Å²) in [6.07, 6.45) is 3.74. The van der Waals surface area contributed by atoms with Crippen LogP contribution in [0.1, 0.15) is 30.1 Å². The molecule has 1 aliphatic carbocycles. The van der Waals surface area contributed by atoms with Gasteiger partial charge in [0.2, 0.25) is 0 Å². The van der Waals surface area contributed by atoms with E-state index in [1.807, 2.05) is 18.2 Å². The van der Waals surface area contributed by atoms with Crippen molar-refractivity contribution in [3.63, 3.8) is 0 Å². The van der Waals surface area contributed by atoms with Crippen LogP contribution in [0.25, 0.3) is 0 Å². The first-order valence-electron chi connectivity index (χ1n) is 7.52. The van der Waals surface area contributed by atoms with Crippen LogP contribution in [0.15, 0.2) is 42.6 Å². The van der Waals surface area contributed by atoms with Crippen LogP contribution in [0.3, 0.4) is 0 Å². The van der Waals surface area contributed by atoms with E-state index in [4.69, 9.17) is 0 Å². The Labute approximate surface area is 134 Å². The largest absolute Gasteiger partial charge is 0.354 e. The van der Waals surface area contributed by atoms with Crippen molar-refractivity contribution >= 4 is 29.0 Å². The molecule has 1 aromatic carbocycles. The molecule has 3 rings (SSSR count). The highest BCUT2D eigenvalue weighted by atomic mass is 16.2. The molecule has 0 radical (unpaired) electrons. The van der Waals surface area contributed by atoms with Crippen LogP contribution < -0.4 is 16.0 Å². The lowest BCUT2D eigenvalue weighted by Crippen LogP contribution is -2.30. The number of urea groups is 1. The number of aromatic nitrogens is 1. The smallest absolute Gasteiger partial charge is 0.320 e. The number of carbonyl (C=O) groups excluding carboxylic acids is 2. The summed E-state index contributed by atoms with van der Waals surface area (Å²) < 4.78 is 0. The Morgan fingerprint density at radius 2 is 1.74 bits per heavy atom. The van der Waals surface area contributed by atoms with Crippen LogP contribution in [0, 0.1) is 0 Å². The van der Waals surface area contributed by atoms with Crippen molar-refractivity contribution < 1.29 is 9.59 Å². The summed E-state index contributed by atoms with van der Waals surface area (Å²) in [6, 6.07) is 10.9. The molecule has 0 unspecified atom stereocenters. The SMILES string of the molecule is CC(=O)c1ccc(Nc2ccc(NC(=O)NC3CC3)nc2)cc1. The number of hydrogen-bond donors (Lipinski definition) is 3. The lowest BCUT2D eigenvalue weighted by Gasteiger charge is -2.09. The van der Waals surface area contributed by atoms with E-state index in [9.17, 15) is 9.59 Å². The number of nitrogens with zero attached hydrogens (tertiary/aromatic N) is 1. The maximum atomic E-state index is 11.6. The number of benzene rings is 1. The molecule has 0 saturated heterocycles. The molecule has 1 aromatic heterocycles. The minimum absolute atomic E-state index is 0.0399. The lowest BCUT2D eigenvalue weighted by molar-refractivity contribution is 0.101. The van der Waals surface area contributed by atoms with E-state index < -0.39 is 0 Å². The second-order valence-electron chi connectivity index (χ2n) is 5.56. The fourth-order valence-corrected chi connectivity index (χ4v) is 2.06. The van der Waals surface area contributed by atoms with Crippen LogP contribution in [-0.2, 0) is 0 Å².